The van der Waals surface area contributed by atoms with Crippen LogP contribution >= 0.6 is 70.7 Å². The third-order valence-electron chi connectivity index (χ3n) is 0.717. The predicted molar refractivity (Wildman–Crippen MR) is 52.4 cm³/mol. The number of thiophene rings is 1. The summed E-state index contributed by atoms with van der Waals surface area (Å²) < 4.78 is 2.88. The maximum Gasteiger partial charge on any atom is 0.0908 e. The third-order valence-corrected chi connectivity index (χ3v) is 5.78. The monoisotopic (exact) mass is 352 g/mol. The van der Waals surface area contributed by atoms with Gasteiger partial charge in [0, 0.05) is 0 Å². The Hall–Kier alpha value is 1.43. The van der Waals surface area contributed by atoms with E-state index in [1.54, 1.807) is 11.3 Å². The highest BCUT2D eigenvalue weighted by Gasteiger charge is 2.09. The predicted octanol–water partition coefficient (Wildman–Crippen LogP) is 4.69. The van der Waals surface area contributed by atoms with Gasteiger partial charge in [0.05, 0.1) is 17.1 Å². The van der Waals surface area contributed by atoms with Crippen LogP contribution in [0.1, 0.15) is 0 Å². The van der Waals surface area contributed by atoms with Gasteiger partial charge in [-0.05, 0) is 47.8 Å². The molecule has 0 unspecified atom stereocenters. The Labute approximate surface area is 87.0 Å². The Morgan fingerprint density at radius 3 is 1.78 bits per heavy atom. The van der Waals surface area contributed by atoms with E-state index in [1.807, 2.05) is 0 Å². The number of rotatable bonds is 0. The fraction of sp³-hybridized carbons (Fsp3) is 0. The molecule has 0 saturated heterocycles. The van der Waals surface area contributed by atoms with E-state index in [1.165, 1.54) is 0 Å². The maximum atomic E-state index is 5.79. The molecule has 0 bridgehead atoms. The molecule has 0 atom stereocenters. The van der Waals surface area contributed by atoms with Crippen LogP contribution in [0, 0.1) is 0 Å². The van der Waals surface area contributed by atoms with Crippen LogP contribution in [0.3, 0.4) is 0 Å². The summed E-state index contributed by atoms with van der Waals surface area (Å²) >= 11 is 17.3. The van der Waals surface area contributed by atoms with Crippen molar-refractivity contribution in [3.8, 4) is 0 Å². The molecule has 1 aromatic heterocycles. The summed E-state index contributed by atoms with van der Waals surface area (Å²) in [5, 5.41) is 0.729. The van der Waals surface area contributed by atoms with Crippen molar-refractivity contribution >= 4 is 70.7 Å². The molecule has 0 aliphatic heterocycles. The van der Waals surface area contributed by atoms with Gasteiger partial charge in [0.25, 0.3) is 0 Å². The van der Waals surface area contributed by atoms with Gasteiger partial charge in [-0.2, -0.15) is 0 Å². The summed E-state index contributed by atoms with van der Waals surface area (Å²) in [4.78, 5) is 0. The molecule has 0 saturated carbocycles. The number of hydrogen-bond acceptors (Lipinski definition) is 1. The summed E-state index contributed by atoms with van der Waals surface area (Å²) in [6, 6.07) is 0. The van der Waals surface area contributed by atoms with Gasteiger partial charge in [-0.25, -0.2) is 0 Å². The molecule has 50 valence electrons. The van der Waals surface area contributed by atoms with Crippen LogP contribution in [0.25, 0.3) is 0 Å². The standard InChI is InChI=1S/C4Br3ClS/c5-1-2(8)4(7)9-3(1)6. The van der Waals surface area contributed by atoms with Gasteiger partial charge in [-0.3, -0.25) is 0 Å². The zero-order valence-electron chi connectivity index (χ0n) is 3.92. The quantitative estimate of drug-likeness (QED) is 0.633. The van der Waals surface area contributed by atoms with E-state index in [0.717, 1.165) is 17.1 Å². The van der Waals surface area contributed by atoms with Crippen LogP contribution in [-0.4, -0.2) is 0 Å². The van der Waals surface area contributed by atoms with E-state index in [2.05, 4.69) is 47.8 Å². The minimum atomic E-state index is 0.729. The largest absolute Gasteiger partial charge is 0.118 e. The minimum absolute atomic E-state index is 0.729. The van der Waals surface area contributed by atoms with Crippen molar-refractivity contribution in [1.82, 2.24) is 0 Å². The normalized spacial score (nSPS) is 10.2. The molecule has 0 N–H and O–H groups in total. The molecule has 0 radical (unpaired) electrons. The van der Waals surface area contributed by atoms with Gasteiger partial charge in [0.1, 0.15) is 0 Å². The molecular formula is C4Br3ClS. The summed E-state index contributed by atoms with van der Waals surface area (Å²) in [5.74, 6) is 0. The van der Waals surface area contributed by atoms with Crippen molar-refractivity contribution in [3.63, 3.8) is 0 Å². The molecule has 0 fully saturated rings. The number of hydrogen-bond donors (Lipinski definition) is 0. The first-order valence-corrected chi connectivity index (χ1v) is 5.49. The van der Waals surface area contributed by atoms with Gasteiger partial charge < -0.3 is 0 Å². The fourth-order valence-corrected chi connectivity index (χ4v) is 4.12. The van der Waals surface area contributed by atoms with Crippen LogP contribution < -0.4 is 0 Å². The van der Waals surface area contributed by atoms with E-state index >= 15 is 0 Å². The molecule has 1 heterocycles. The minimum Gasteiger partial charge on any atom is -0.118 e. The molecule has 0 aromatic carbocycles. The van der Waals surface area contributed by atoms with Crippen molar-refractivity contribution in [3.05, 3.63) is 17.1 Å². The van der Waals surface area contributed by atoms with E-state index in [4.69, 9.17) is 11.6 Å². The van der Waals surface area contributed by atoms with Crippen LogP contribution in [0.4, 0.5) is 0 Å². The number of halogens is 4. The summed E-state index contributed by atoms with van der Waals surface area (Å²) in [6.45, 7) is 0. The van der Waals surface area contributed by atoms with Crippen molar-refractivity contribution in [2.45, 2.75) is 0 Å². The Balaban J connectivity index is 3.29. The van der Waals surface area contributed by atoms with Crippen LogP contribution in [-0.2, 0) is 0 Å². The summed E-state index contributed by atoms with van der Waals surface area (Å²) in [6.07, 6.45) is 0. The van der Waals surface area contributed by atoms with Crippen LogP contribution in [0.2, 0.25) is 5.02 Å². The molecule has 0 spiro atoms. The van der Waals surface area contributed by atoms with Gasteiger partial charge >= 0.3 is 0 Å². The highest BCUT2D eigenvalue weighted by Crippen LogP contribution is 2.43. The molecule has 0 amide bonds. The maximum absolute atomic E-state index is 5.79. The Kier molecular flexibility index (Phi) is 3.05. The van der Waals surface area contributed by atoms with Crippen molar-refractivity contribution < 1.29 is 0 Å². The first kappa shape index (κ1) is 8.53. The molecular weight excluding hydrogens is 355 g/mol. The van der Waals surface area contributed by atoms with Gasteiger partial charge in [0.2, 0.25) is 0 Å². The smallest absolute Gasteiger partial charge is 0.0908 e. The van der Waals surface area contributed by atoms with Gasteiger partial charge in [-0.1, -0.05) is 11.6 Å². The molecule has 0 aliphatic carbocycles. The van der Waals surface area contributed by atoms with E-state index in [-0.39, 0.29) is 0 Å². The van der Waals surface area contributed by atoms with Crippen molar-refractivity contribution in [1.29, 1.82) is 0 Å². The second-order valence-electron chi connectivity index (χ2n) is 1.28. The molecule has 0 aliphatic rings. The Morgan fingerprint density at radius 1 is 1.11 bits per heavy atom. The SMILES string of the molecule is Clc1c(Br)sc(Br)c1Br. The lowest BCUT2D eigenvalue weighted by molar-refractivity contribution is 1.81. The van der Waals surface area contributed by atoms with Crippen molar-refractivity contribution in [2.75, 3.05) is 0 Å². The van der Waals surface area contributed by atoms with Crippen LogP contribution in [0.15, 0.2) is 12.0 Å². The van der Waals surface area contributed by atoms with E-state index in [0.29, 0.717) is 0 Å². The topological polar surface area (TPSA) is 0 Å². The van der Waals surface area contributed by atoms with Gasteiger partial charge in [-0.15, -0.1) is 11.3 Å². The Bertz CT molecular complexity index is 209. The highest BCUT2D eigenvalue weighted by molar-refractivity contribution is 9.14. The first-order valence-electron chi connectivity index (χ1n) is 1.91. The van der Waals surface area contributed by atoms with Gasteiger partial charge in [0.15, 0.2) is 0 Å². The lowest BCUT2D eigenvalue weighted by atomic mass is 10.7. The molecule has 0 nitrogen and oxygen atoms in total. The molecule has 9 heavy (non-hydrogen) atoms. The molecule has 1 aromatic rings. The zero-order valence-corrected chi connectivity index (χ0v) is 10.3. The van der Waals surface area contributed by atoms with E-state index < -0.39 is 0 Å². The van der Waals surface area contributed by atoms with E-state index in [9.17, 15) is 0 Å². The summed E-state index contributed by atoms with van der Waals surface area (Å²) in [5.41, 5.74) is 0. The van der Waals surface area contributed by atoms with Crippen LogP contribution in [0.5, 0.6) is 0 Å². The average molecular weight is 355 g/mol. The Morgan fingerprint density at radius 2 is 1.67 bits per heavy atom. The third kappa shape index (κ3) is 1.71. The highest BCUT2D eigenvalue weighted by atomic mass is 79.9. The molecule has 1 rings (SSSR count). The summed E-state index contributed by atoms with van der Waals surface area (Å²) in [7, 11) is 0. The first-order chi connectivity index (χ1) is 4.13. The molecule has 5 heteroatoms. The lowest BCUT2D eigenvalue weighted by Crippen LogP contribution is -1.54. The fourth-order valence-electron chi connectivity index (χ4n) is 0.341. The van der Waals surface area contributed by atoms with Crippen molar-refractivity contribution in [2.24, 2.45) is 0 Å². The average Bonchev–Trinajstić information content (AvgIpc) is 1.98. The zero-order chi connectivity index (χ0) is 7.02. The second-order valence-corrected chi connectivity index (χ2v) is 6.10. The second kappa shape index (κ2) is 3.22. The lowest BCUT2D eigenvalue weighted by Gasteiger charge is -1.81.